The van der Waals surface area contributed by atoms with Crippen LogP contribution in [0.4, 0.5) is 18.0 Å². The Morgan fingerprint density at radius 3 is 2.48 bits per heavy atom. The van der Waals surface area contributed by atoms with E-state index in [-0.39, 0.29) is 30.3 Å². The molecule has 0 saturated heterocycles. The summed E-state index contributed by atoms with van der Waals surface area (Å²) >= 11 is 0. The molecule has 6 nitrogen and oxygen atoms in total. The molecule has 1 saturated carbocycles. The third-order valence-corrected chi connectivity index (χ3v) is 7.46. The van der Waals surface area contributed by atoms with Gasteiger partial charge >= 0.3 is 12.2 Å². The number of benzene rings is 2. The summed E-state index contributed by atoms with van der Waals surface area (Å²) < 4.78 is 40.2. The van der Waals surface area contributed by atoms with Crippen LogP contribution in [0.1, 0.15) is 60.9 Å². The highest BCUT2D eigenvalue weighted by molar-refractivity contribution is 5.83. The van der Waals surface area contributed by atoms with Gasteiger partial charge in [0.05, 0.1) is 5.56 Å². The molecule has 2 heterocycles. The number of nitrogens with one attached hydrogen (secondary N) is 2. The van der Waals surface area contributed by atoms with Crippen molar-refractivity contribution in [3.63, 3.8) is 0 Å². The summed E-state index contributed by atoms with van der Waals surface area (Å²) in [6.07, 6.45) is -0.981. The molecular formula is C31H33F3N4O2. The topological polar surface area (TPSA) is 74.3 Å². The Balaban J connectivity index is 1.41. The van der Waals surface area contributed by atoms with Crippen molar-refractivity contribution in [2.45, 2.75) is 64.3 Å². The number of urea groups is 1. The maximum absolute atomic E-state index is 13.4. The van der Waals surface area contributed by atoms with E-state index in [0.29, 0.717) is 30.6 Å². The Hall–Kier alpha value is -3.88. The molecule has 0 radical (unpaired) electrons. The number of hydrogen-bond acceptors (Lipinski definition) is 3. The largest absolute Gasteiger partial charge is 0.417 e. The number of carbonyl (C=O) groups is 2. The number of carbonyl (C=O) groups excluding carboxylic acids is 2. The van der Waals surface area contributed by atoms with E-state index in [9.17, 15) is 22.8 Å². The van der Waals surface area contributed by atoms with Crippen molar-refractivity contribution in [1.82, 2.24) is 20.5 Å². The van der Waals surface area contributed by atoms with Crippen molar-refractivity contribution in [1.29, 1.82) is 0 Å². The van der Waals surface area contributed by atoms with Crippen molar-refractivity contribution in [2.75, 3.05) is 6.54 Å². The summed E-state index contributed by atoms with van der Waals surface area (Å²) in [5.74, 6) is 0.108. The molecule has 40 heavy (non-hydrogen) atoms. The lowest BCUT2D eigenvalue weighted by Gasteiger charge is -2.34. The maximum atomic E-state index is 13.4. The van der Waals surface area contributed by atoms with Crippen molar-refractivity contribution in [3.8, 4) is 11.1 Å². The van der Waals surface area contributed by atoms with E-state index in [0.717, 1.165) is 40.9 Å². The highest BCUT2D eigenvalue weighted by Crippen LogP contribution is 2.47. The lowest BCUT2D eigenvalue weighted by atomic mass is 9.87. The third kappa shape index (κ3) is 6.13. The molecule has 0 spiro atoms. The molecule has 1 aliphatic carbocycles. The fourth-order valence-corrected chi connectivity index (χ4v) is 5.36. The molecule has 9 heteroatoms. The average molecular weight is 551 g/mol. The van der Waals surface area contributed by atoms with Crippen LogP contribution >= 0.6 is 0 Å². The van der Waals surface area contributed by atoms with Crippen LogP contribution in [0, 0.1) is 5.92 Å². The Morgan fingerprint density at radius 1 is 1.02 bits per heavy atom. The Labute approximate surface area is 232 Å². The van der Waals surface area contributed by atoms with Gasteiger partial charge in [-0.1, -0.05) is 42.5 Å². The molecule has 0 unspecified atom stereocenters. The smallest absolute Gasteiger partial charge is 0.352 e. The fraction of sp³-hybridized carbons (Fsp3) is 0.387. The molecule has 2 N–H and O–H groups in total. The quantitative estimate of drug-likeness (QED) is 0.406. The minimum Gasteiger partial charge on any atom is -0.352 e. The van der Waals surface area contributed by atoms with Crippen LogP contribution in [0.3, 0.4) is 0 Å². The molecule has 0 bridgehead atoms. The van der Waals surface area contributed by atoms with Crippen LogP contribution in [0.2, 0.25) is 0 Å². The summed E-state index contributed by atoms with van der Waals surface area (Å²) in [4.78, 5) is 31.5. The Bertz CT molecular complexity index is 1420. The lowest BCUT2D eigenvalue weighted by Crippen LogP contribution is -2.50. The molecule has 210 valence electrons. The van der Waals surface area contributed by atoms with Gasteiger partial charge in [0.15, 0.2) is 0 Å². The van der Waals surface area contributed by atoms with Gasteiger partial charge in [-0.3, -0.25) is 9.78 Å². The number of alkyl halides is 3. The van der Waals surface area contributed by atoms with E-state index in [2.05, 4.69) is 15.6 Å². The van der Waals surface area contributed by atoms with Crippen LogP contribution in [0.25, 0.3) is 11.1 Å². The van der Waals surface area contributed by atoms with Crippen molar-refractivity contribution in [3.05, 3.63) is 88.7 Å². The molecule has 1 aromatic heterocycles. The SMILES string of the molecule is CC(C)(C)NC(=O)N1CCc2c(-c3cncc(C(F)(F)F)c3)ccc(CNC(=O)[C@@H]3C[C@H]3c3ccccc3)c2C1. The van der Waals surface area contributed by atoms with Gasteiger partial charge in [0.25, 0.3) is 0 Å². The molecule has 2 aliphatic rings. The summed E-state index contributed by atoms with van der Waals surface area (Å²) in [5, 5.41) is 6.05. The lowest BCUT2D eigenvalue weighted by molar-refractivity contribution is -0.137. The van der Waals surface area contributed by atoms with Crippen LogP contribution in [0.5, 0.6) is 0 Å². The number of hydrogen-bond donors (Lipinski definition) is 2. The number of rotatable bonds is 5. The first-order chi connectivity index (χ1) is 18.9. The number of halogens is 3. The van der Waals surface area contributed by atoms with Crippen LogP contribution in [0.15, 0.2) is 60.9 Å². The van der Waals surface area contributed by atoms with E-state index in [4.69, 9.17) is 0 Å². The maximum Gasteiger partial charge on any atom is 0.417 e. The molecular weight excluding hydrogens is 517 g/mol. The molecule has 3 aromatic rings. The highest BCUT2D eigenvalue weighted by Gasteiger charge is 2.43. The zero-order chi connectivity index (χ0) is 28.7. The van der Waals surface area contributed by atoms with Gasteiger partial charge in [0.1, 0.15) is 0 Å². The second kappa shape index (κ2) is 10.6. The Kier molecular flexibility index (Phi) is 7.33. The van der Waals surface area contributed by atoms with Gasteiger partial charge in [-0.2, -0.15) is 13.2 Å². The molecule has 5 rings (SSSR count). The monoisotopic (exact) mass is 550 g/mol. The van der Waals surface area contributed by atoms with Crippen molar-refractivity contribution >= 4 is 11.9 Å². The minimum atomic E-state index is -4.50. The molecule has 1 aliphatic heterocycles. The molecule has 2 atom stereocenters. The van der Waals surface area contributed by atoms with Gasteiger partial charge in [0.2, 0.25) is 5.91 Å². The van der Waals surface area contributed by atoms with E-state index in [1.54, 1.807) is 11.0 Å². The van der Waals surface area contributed by atoms with Gasteiger partial charge in [0, 0.05) is 49.0 Å². The van der Waals surface area contributed by atoms with Gasteiger partial charge in [-0.15, -0.1) is 0 Å². The highest BCUT2D eigenvalue weighted by atomic mass is 19.4. The summed E-state index contributed by atoms with van der Waals surface area (Å²) in [7, 11) is 0. The number of nitrogens with zero attached hydrogens (tertiary/aromatic N) is 2. The summed E-state index contributed by atoms with van der Waals surface area (Å²) in [6, 6.07) is 14.5. The first kappa shape index (κ1) is 27.7. The number of pyridine rings is 1. The normalized spacial score (nSPS) is 18.6. The summed E-state index contributed by atoms with van der Waals surface area (Å²) in [6.45, 7) is 6.70. The summed E-state index contributed by atoms with van der Waals surface area (Å²) in [5.41, 5.74) is 3.52. The van der Waals surface area contributed by atoms with E-state index in [1.165, 1.54) is 6.20 Å². The second-order valence-electron chi connectivity index (χ2n) is 11.6. The minimum absolute atomic E-state index is 0.0214. The first-order valence-electron chi connectivity index (χ1n) is 13.5. The van der Waals surface area contributed by atoms with E-state index < -0.39 is 17.3 Å². The predicted molar refractivity (Wildman–Crippen MR) is 146 cm³/mol. The van der Waals surface area contributed by atoms with Crippen LogP contribution in [-0.4, -0.2) is 33.9 Å². The van der Waals surface area contributed by atoms with Crippen molar-refractivity contribution < 1.29 is 22.8 Å². The number of fused-ring (bicyclic) bond motifs is 1. The third-order valence-electron chi connectivity index (χ3n) is 7.46. The zero-order valence-electron chi connectivity index (χ0n) is 22.8. The van der Waals surface area contributed by atoms with Gasteiger partial charge < -0.3 is 15.5 Å². The zero-order valence-corrected chi connectivity index (χ0v) is 22.8. The fourth-order valence-electron chi connectivity index (χ4n) is 5.36. The van der Waals surface area contributed by atoms with Gasteiger partial charge in [-0.25, -0.2) is 4.79 Å². The van der Waals surface area contributed by atoms with Crippen molar-refractivity contribution in [2.24, 2.45) is 5.92 Å². The second-order valence-corrected chi connectivity index (χ2v) is 11.6. The standard InChI is InChI=1S/C31H33F3N4O2/c1-30(2,3)37-29(40)38-12-11-24-23(21-13-22(17-35-15-21)31(32,33)34)10-9-20(27(24)18-38)16-36-28(39)26-14-25(26)19-7-5-4-6-8-19/h4-10,13,15,17,25-26H,11-12,14,16,18H2,1-3H3,(H,36,39)(H,37,40)/t25-,26+/m0/s1. The predicted octanol–water partition coefficient (Wildman–Crippen LogP) is 6.05. The van der Waals surface area contributed by atoms with Gasteiger partial charge in [-0.05, 0) is 73.4 Å². The number of aromatic nitrogens is 1. The molecule has 3 amide bonds. The van der Waals surface area contributed by atoms with E-state index in [1.807, 2.05) is 57.2 Å². The number of amides is 3. The molecule has 1 fully saturated rings. The molecule has 2 aromatic carbocycles. The first-order valence-corrected chi connectivity index (χ1v) is 13.5. The average Bonchev–Trinajstić information content (AvgIpc) is 3.72. The van der Waals surface area contributed by atoms with Crippen LogP contribution < -0.4 is 10.6 Å². The van der Waals surface area contributed by atoms with Crippen LogP contribution in [-0.2, 0) is 30.5 Å². The Morgan fingerprint density at radius 2 is 1.77 bits per heavy atom. The van der Waals surface area contributed by atoms with E-state index >= 15 is 0 Å².